The van der Waals surface area contributed by atoms with E-state index in [9.17, 15) is 38.4 Å². The summed E-state index contributed by atoms with van der Waals surface area (Å²) in [4.78, 5) is 113. The van der Waals surface area contributed by atoms with E-state index in [1.165, 1.54) is 95.2 Å². The second-order valence-electron chi connectivity index (χ2n) is 19.0. The average molecular weight is 1150 g/mol. The van der Waals surface area contributed by atoms with Gasteiger partial charge in [0.2, 0.25) is 23.6 Å². The molecular formula is C56H79N15O12. The average Bonchev–Trinajstić information content (AvgIpc) is 3.48. The number of rotatable bonds is 35. The van der Waals surface area contributed by atoms with Crippen molar-refractivity contribution in [1.82, 2.24) is 16.0 Å². The van der Waals surface area contributed by atoms with Gasteiger partial charge in [0.15, 0.2) is 5.96 Å². The molecular weight excluding hydrogens is 1070 g/mol. The van der Waals surface area contributed by atoms with Gasteiger partial charge in [-0.1, -0.05) is 6.42 Å². The second-order valence-corrected chi connectivity index (χ2v) is 19.0. The van der Waals surface area contributed by atoms with Crippen LogP contribution in [-0.2, 0) is 19.2 Å². The summed E-state index contributed by atoms with van der Waals surface area (Å²) in [5.74, 6) is -5.08. The number of amides is 8. The van der Waals surface area contributed by atoms with Crippen LogP contribution >= 0.6 is 0 Å². The number of aliphatic imine (C=N–C) groups is 1. The molecule has 4 unspecified atom stereocenters. The molecule has 0 fully saturated rings. The van der Waals surface area contributed by atoms with Gasteiger partial charge >= 0.3 is 0 Å². The quantitative estimate of drug-likeness (QED) is 0.0177. The summed E-state index contributed by atoms with van der Waals surface area (Å²) in [6.45, 7) is 1.23. The molecule has 4 atom stereocenters. The largest absolute Gasteiger partial charge is 0.496 e. The van der Waals surface area contributed by atoms with Crippen LogP contribution in [0.15, 0.2) is 77.8 Å². The zero-order valence-electron chi connectivity index (χ0n) is 47.2. The molecule has 0 aromatic heterocycles. The highest BCUT2D eigenvalue weighted by molar-refractivity contribution is 6.07. The minimum Gasteiger partial charge on any atom is -0.496 e. The zero-order valence-corrected chi connectivity index (χ0v) is 47.2. The number of hydrogen-bond donors (Lipinski definition) is 14. The molecule has 4 aromatic rings. The van der Waals surface area contributed by atoms with E-state index < -0.39 is 71.4 Å². The molecule has 0 aliphatic carbocycles. The van der Waals surface area contributed by atoms with Crippen molar-refractivity contribution in [1.29, 1.82) is 0 Å². The summed E-state index contributed by atoms with van der Waals surface area (Å²) in [5.41, 5.74) is 40.4. The number of ether oxygens (including phenoxy) is 4. The molecule has 0 saturated carbocycles. The molecule has 0 aliphatic heterocycles. The van der Waals surface area contributed by atoms with E-state index in [2.05, 4.69) is 42.2 Å². The summed E-state index contributed by atoms with van der Waals surface area (Å²) in [5, 5.41) is 19.2. The van der Waals surface area contributed by atoms with Gasteiger partial charge in [-0.2, -0.15) is 0 Å². The van der Waals surface area contributed by atoms with Gasteiger partial charge in [0, 0.05) is 29.3 Å². The molecule has 4 rings (SSSR count). The molecule has 0 radical (unpaired) electrons. The number of hydrogen-bond acceptors (Lipinski definition) is 17. The van der Waals surface area contributed by atoms with Crippen LogP contribution in [0.5, 0.6) is 23.0 Å². The monoisotopic (exact) mass is 1150 g/mol. The molecule has 27 heteroatoms. The number of nitrogens with zero attached hydrogens (tertiary/aromatic N) is 1. The van der Waals surface area contributed by atoms with Gasteiger partial charge in [-0.25, -0.2) is 0 Å². The maximum Gasteiger partial charge on any atom is 0.255 e. The fraction of sp³-hybridized carbons (Fsp3) is 0.411. The third kappa shape index (κ3) is 20.8. The molecule has 0 heterocycles. The third-order valence-corrected chi connectivity index (χ3v) is 12.9. The Morgan fingerprint density at radius 3 is 1.04 bits per heavy atom. The van der Waals surface area contributed by atoms with Crippen LogP contribution in [0.4, 0.5) is 22.7 Å². The van der Waals surface area contributed by atoms with E-state index in [1.807, 2.05) is 0 Å². The minimum atomic E-state index is -1.20. The summed E-state index contributed by atoms with van der Waals surface area (Å²) >= 11 is 0. The van der Waals surface area contributed by atoms with Crippen LogP contribution in [0.1, 0.15) is 112 Å². The molecule has 83 heavy (non-hydrogen) atoms. The first kappa shape index (κ1) is 66.5. The number of unbranched alkanes of at least 4 members (excludes halogenated alkanes) is 3. The Labute approximate surface area is 481 Å². The van der Waals surface area contributed by atoms with E-state index in [0.717, 1.165) is 0 Å². The predicted molar refractivity (Wildman–Crippen MR) is 315 cm³/mol. The molecule has 0 saturated heterocycles. The number of benzene rings is 4. The van der Waals surface area contributed by atoms with E-state index in [1.54, 1.807) is 6.07 Å². The number of carbonyl (C=O) groups excluding carboxylic acids is 8. The van der Waals surface area contributed by atoms with E-state index in [0.29, 0.717) is 64.6 Å². The van der Waals surface area contributed by atoms with Gasteiger partial charge in [0.25, 0.3) is 23.6 Å². The first-order valence-electron chi connectivity index (χ1n) is 26.9. The van der Waals surface area contributed by atoms with E-state index >= 15 is 0 Å². The number of methoxy groups -OCH3 is 4. The minimum absolute atomic E-state index is 0.00633. The summed E-state index contributed by atoms with van der Waals surface area (Å²) in [7, 11) is 5.40. The standard InChI is InChI=1S/C56H79N15O12/c1-80-44-20-16-32(28-36(44)48(61)72)66-55(79)43(15-11-27-64-56(62)63)71-51(75)39-31-35(19-23-47(39)83-4)68-54(78)42(14-7-10-26-59)70-50(74)38-30-34(18-22-46(38)82-3)67-53(77)41(13-6-9-25-58)69-49(73)37-29-33(17-21-45(37)81-2)65-52(76)40(60)12-5-8-24-57/h16-23,28-31,40-43H,5-15,24-27,57-60H2,1-4H3,(H2,61,72)(H,65,76)(H,66,79)(H,67,77)(H,68,78)(H,69,73)(H,70,74)(H,71,75)(H4,62,63,64). The Kier molecular flexibility index (Phi) is 27.5. The van der Waals surface area contributed by atoms with E-state index in [4.69, 9.17) is 59.1 Å². The molecule has 0 spiro atoms. The highest BCUT2D eigenvalue weighted by Gasteiger charge is 2.29. The number of nitrogens with two attached hydrogens (primary N) is 7. The van der Waals surface area contributed by atoms with Crippen molar-refractivity contribution in [3.8, 4) is 23.0 Å². The fourth-order valence-electron chi connectivity index (χ4n) is 8.43. The molecule has 0 bridgehead atoms. The van der Waals surface area contributed by atoms with Crippen molar-refractivity contribution < 1.29 is 57.3 Å². The SMILES string of the molecule is COc1ccc(NC(=O)C(CCCN=C(N)N)NC(=O)c2cc(NC(=O)C(CCCCN)NC(=O)c3cc(NC(=O)C(CCCCN)NC(=O)c4cc(NC(=O)C(N)CCCCN)ccc4OC)ccc3OC)ccc2OC)cc1C(N)=O. The van der Waals surface area contributed by atoms with Crippen molar-refractivity contribution in [3.63, 3.8) is 0 Å². The predicted octanol–water partition coefficient (Wildman–Crippen LogP) is 1.74. The normalized spacial score (nSPS) is 12.2. The number of carbonyl (C=O) groups is 8. The highest BCUT2D eigenvalue weighted by Crippen LogP contribution is 2.28. The van der Waals surface area contributed by atoms with Crippen LogP contribution in [0, 0.1) is 0 Å². The van der Waals surface area contributed by atoms with Crippen molar-refractivity contribution in [2.45, 2.75) is 94.8 Å². The van der Waals surface area contributed by atoms with Crippen LogP contribution in [0.3, 0.4) is 0 Å². The number of nitrogens with one attached hydrogen (secondary N) is 7. The van der Waals surface area contributed by atoms with Gasteiger partial charge in [-0.05, 0) is 157 Å². The van der Waals surface area contributed by atoms with Crippen LogP contribution in [0.25, 0.3) is 0 Å². The molecule has 27 nitrogen and oxygen atoms in total. The maximum absolute atomic E-state index is 14.3. The number of anilines is 4. The lowest BCUT2D eigenvalue weighted by molar-refractivity contribution is -0.118. The van der Waals surface area contributed by atoms with Crippen LogP contribution in [-0.4, -0.2) is 132 Å². The van der Waals surface area contributed by atoms with Crippen LogP contribution in [0.2, 0.25) is 0 Å². The Bertz CT molecular complexity index is 2920. The lowest BCUT2D eigenvalue weighted by Gasteiger charge is -2.22. The van der Waals surface area contributed by atoms with Crippen molar-refractivity contribution >= 4 is 76.0 Å². The second kappa shape index (κ2) is 34.3. The molecule has 450 valence electrons. The van der Waals surface area contributed by atoms with Crippen LogP contribution < -0.4 is 96.3 Å². The molecule has 8 amide bonds. The lowest BCUT2D eigenvalue weighted by Crippen LogP contribution is -2.44. The molecule has 4 aromatic carbocycles. The van der Waals surface area contributed by atoms with Gasteiger partial charge in [0.1, 0.15) is 41.1 Å². The number of guanidine groups is 1. The Morgan fingerprint density at radius 1 is 0.422 bits per heavy atom. The lowest BCUT2D eigenvalue weighted by atomic mass is 10.1. The smallest absolute Gasteiger partial charge is 0.255 e. The molecule has 0 aliphatic rings. The maximum atomic E-state index is 14.3. The fourth-order valence-corrected chi connectivity index (χ4v) is 8.43. The van der Waals surface area contributed by atoms with Gasteiger partial charge in [0.05, 0.1) is 56.7 Å². The van der Waals surface area contributed by atoms with Crippen molar-refractivity contribution in [2.75, 3.05) is 75.9 Å². The summed E-state index contributed by atoms with van der Waals surface area (Å²) in [6, 6.07) is 13.0. The van der Waals surface area contributed by atoms with Gasteiger partial charge in [-0.15, -0.1) is 0 Å². The summed E-state index contributed by atoms with van der Waals surface area (Å²) in [6.07, 6.45) is 4.28. The Morgan fingerprint density at radius 2 is 0.723 bits per heavy atom. The van der Waals surface area contributed by atoms with Gasteiger partial charge in [-0.3, -0.25) is 43.3 Å². The Hall–Kier alpha value is -9.05. The third-order valence-electron chi connectivity index (χ3n) is 12.9. The first-order valence-corrected chi connectivity index (χ1v) is 26.9. The summed E-state index contributed by atoms with van der Waals surface area (Å²) < 4.78 is 21.7. The molecule has 21 N–H and O–H groups in total. The van der Waals surface area contributed by atoms with E-state index in [-0.39, 0.29) is 106 Å². The van der Waals surface area contributed by atoms with Crippen molar-refractivity contribution in [2.24, 2.45) is 45.1 Å². The van der Waals surface area contributed by atoms with Gasteiger partial charge < -0.3 is 96.3 Å². The zero-order chi connectivity index (χ0) is 61.0. The first-order chi connectivity index (χ1) is 39.8. The van der Waals surface area contributed by atoms with Crippen molar-refractivity contribution in [3.05, 3.63) is 95.1 Å². The number of primary amides is 1. The highest BCUT2D eigenvalue weighted by atomic mass is 16.5. The Balaban J connectivity index is 1.56. The topological polar surface area (TPSA) is 452 Å².